The Labute approximate surface area is 381 Å². The maximum absolute atomic E-state index is 12.7. The quantitative estimate of drug-likeness (QED) is 0.0148. The van der Waals surface area contributed by atoms with Crippen molar-refractivity contribution in [3.05, 3.63) is 60.8 Å². The van der Waals surface area contributed by atoms with E-state index in [0.717, 1.165) is 51.4 Å². The molecule has 0 radical (unpaired) electrons. The number of hydrogen-bond acceptors (Lipinski definition) is 8. The van der Waals surface area contributed by atoms with Crippen LogP contribution in [0.4, 0.5) is 0 Å². The van der Waals surface area contributed by atoms with Crippen LogP contribution in [0.15, 0.2) is 60.8 Å². The largest absolute Gasteiger partial charge is 0.756 e. The van der Waals surface area contributed by atoms with E-state index in [-0.39, 0.29) is 26.1 Å². The second-order valence-electron chi connectivity index (χ2n) is 17.9. The molecule has 0 aromatic carbocycles. The van der Waals surface area contributed by atoms with Crippen molar-refractivity contribution in [1.29, 1.82) is 0 Å². The highest BCUT2D eigenvalue weighted by molar-refractivity contribution is 7.45. The Morgan fingerprint density at radius 2 is 0.952 bits per heavy atom. The zero-order valence-corrected chi connectivity index (χ0v) is 41.4. The van der Waals surface area contributed by atoms with Gasteiger partial charge in [-0.25, -0.2) is 0 Å². The third-order valence-electron chi connectivity index (χ3n) is 10.6. The van der Waals surface area contributed by atoms with E-state index in [4.69, 9.17) is 18.5 Å². The maximum Gasteiger partial charge on any atom is 0.306 e. The summed E-state index contributed by atoms with van der Waals surface area (Å²) in [5.41, 5.74) is 0. The smallest absolute Gasteiger partial charge is 0.306 e. The van der Waals surface area contributed by atoms with Gasteiger partial charge in [0.2, 0.25) is 0 Å². The fraction of sp³-hybridized carbons (Fsp3) is 0.769. The number of carbonyl (C=O) groups excluding carboxylic acids is 2. The SMILES string of the molecule is CC/C=C/C=C/C=C/C=C/CCCCCCCC(=O)OC[C@H](COP(=O)([O-])OCC[N+](C)(C)C)OC(=O)CCC/C=C/CCCCCCCCCCCCCCCCCCCC. The minimum atomic E-state index is -4.64. The molecular formula is C52H94NO8P. The van der Waals surface area contributed by atoms with Gasteiger partial charge in [-0.3, -0.25) is 14.2 Å². The number of ether oxygens (including phenoxy) is 2. The first-order valence-corrected chi connectivity index (χ1v) is 26.5. The Morgan fingerprint density at radius 3 is 1.47 bits per heavy atom. The molecule has 0 bridgehead atoms. The van der Waals surface area contributed by atoms with Crippen LogP contribution < -0.4 is 4.89 Å². The summed E-state index contributed by atoms with van der Waals surface area (Å²) in [5, 5.41) is 0. The summed E-state index contributed by atoms with van der Waals surface area (Å²) in [4.78, 5) is 37.6. The maximum atomic E-state index is 12.7. The molecule has 0 aromatic rings. The Kier molecular flexibility index (Phi) is 42.3. The fourth-order valence-corrected chi connectivity index (χ4v) is 7.46. The number of hydrogen-bond donors (Lipinski definition) is 0. The molecule has 2 atom stereocenters. The van der Waals surface area contributed by atoms with E-state index >= 15 is 0 Å². The first kappa shape index (κ1) is 59.7. The van der Waals surface area contributed by atoms with Gasteiger partial charge in [0, 0.05) is 12.8 Å². The van der Waals surface area contributed by atoms with Crippen molar-refractivity contribution in [2.45, 2.75) is 213 Å². The van der Waals surface area contributed by atoms with Gasteiger partial charge in [0.05, 0.1) is 27.7 Å². The lowest BCUT2D eigenvalue weighted by Crippen LogP contribution is -2.37. The van der Waals surface area contributed by atoms with Crippen LogP contribution >= 0.6 is 7.82 Å². The molecule has 9 nitrogen and oxygen atoms in total. The van der Waals surface area contributed by atoms with Crippen LogP contribution in [0.2, 0.25) is 0 Å². The summed E-state index contributed by atoms with van der Waals surface area (Å²) < 4.78 is 33.9. The zero-order valence-electron chi connectivity index (χ0n) is 40.6. The Balaban J connectivity index is 4.29. The molecule has 0 saturated carbocycles. The normalized spacial score (nSPS) is 14.0. The summed E-state index contributed by atoms with van der Waals surface area (Å²) in [6, 6.07) is 0. The molecule has 0 heterocycles. The Morgan fingerprint density at radius 1 is 0.516 bits per heavy atom. The summed E-state index contributed by atoms with van der Waals surface area (Å²) >= 11 is 0. The van der Waals surface area contributed by atoms with Gasteiger partial charge in [0.1, 0.15) is 19.8 Å². The number of quaternary nitrogens is 1. The minimum Gasteiger partial charge on any atom is -0.756 e. The van der Waals surface area contributed by atoms with Gasteiger partial charge in [0.15, 0.2) is 6.10 Å². The number of likely N-dealkylation sites (N-methyl/N-ethyl adjacent to an activating group) is 1. The number of allylic oxidation sites excluding steroid dienone is 10. The molecular weight excluding hydrogens is 798 g/mol. The van der Waals surface area contributed by atoms with Crippen molar-refractivity contribution in [3.8, 4) is 0 Å². The van der Waals surface area contributed by atoms with Gasteiger partial charge in [-0.1, -0.05) is 203 Å². The molecule has 0 aromatic heterocycles. The Bertz CT molecular complexity index is 1240. The second-order valence-corrected chi connectivity index (χ2v) is 19.3. The Hall–Kier alpha value is -2.29. The molecule has 0 saturated heterocycles. The number of rotatable bonds is 45. The molecule has 360 valence electrons. The lowest BCUT2D eigenvalue weighted by atomic mass is 10.0. The molecule has 0 amide bonds. The highest BCUT2D eigenvalue weighted by Gasteiger charge is 2.21. The topological polar surface area (TPSA) is 111 Å². The van der Waals surface area contributed by atoms with Crippen LogP contribution in [0.1, 0.15) is 206 Å². The molecule has 0 rings (SSSR count). The standard InChI is InChI=1S/C52H94NO8P/c1-6-8-10-12-14-16-18-20-22-23-24-25-26-27-28-29-31-33-35-37-39-41-43-45-52(55)61-50(49-60-62(56,57)59-47-46-53(3,4)5)48-58-51(54)44-42-40-38-36-34-32-30-21-19-17-15-13-11-9-7-2/h9,11,13,15,17,19,21,30,37,39,50H,6-8,10,12,14,16,18,20,22-29,31-36,38,40-49H2,1-5H3/b11-9+,15-13+,19-17+,30-21+,39-37+/t50-/m1/s1. The predicted molar refractivity (Wildman–Crippen MR) is 259 cm³/mol. The molecule has 1 unspecified atom stereocenters. The molecule has 0 N–H and O–H groups in total. The van der Waals surface area contributed by atoms with Gasteiger partial charge < -0.3 is 27.9 Å². The van der Waals surface area contributed by atoms with Crippen LogP contribution in [0.25, 0.3) is 0 Å². The number of unbranched alkanes of at least 4 members (excludes halogenated alkanes) is 24. The summed E-state index contributed by atoms with van der Waals surface area (Å²) in [6.07, 6.45) is 54.1. The van der Waals surface area contributed by atoms with Crippen molar-refractivity contribution in [2.75, 3.05) is 47.5 Å². The molecule has 10 heteroatoms. The number of nitrogens with zero attached hydrogens (tertiary/aromatic N) is 1. The van der Waals surface area contributed by atoms with Gasteiger partial charge >= 0.3 is 11.9 Å². The fourth-order valence-electron chi connectivity index (χ4n) is 6.73. The lowest BCUT2D eigenvalue weighted by Gasteiger charge is -2.28. The zero-order chi connectivity index (χ0) is 45.7. The van der Waals surface area contributed by atoms with Crippen molar-refractivity contribution in [1.82, 2.24) is 0 Å². The first-order chi connectivity index (χ1) is 30.0. The molecule has 0 spiro atoms. The van der Waals surface area contributed by atoms with Gasteiger partial charge in [-0.15, -0.1) is 0 Å². The third kappa shape index (κ3) is 47.2. The lowest BCUT2D eigenvalue weighted by molar-refractivity contribution is -0.870. The highest BCUT2D eigenvalue weighted by atomic mass is 31.2. The third-order valence-corrected chi connectivity index (χ3v) is 11.6. The van der Waals surface area contributed by atoms with E-state index in [1.165, 1.54) is 116 Å². The first-order valence-electron chi connectivity index (χ1n) is 25.0. The van der Waals surface area contributed by atoms with E-state index in [1.54, 1.807) is 0 Å². The molecule has 0 aliphatic heterocycles. The van der Waals surface area contributed by atoms with Crippen LogP contribution in [0, 0.1) is 0 Å². The van der Waals surface area contributed by atoms with Crippen molar-refractivity contribution in [2.24, 2.45) is 0 Å². The van der Waals surface area contributed by atoms with Crippen LogP contribution in [0.5, 0.6) is 0 Å². The molecule has 0 aliphatic rings. The summed E-state index contributed by atoms with van der Waals surface area (Å²) in [7, 11) is 1.13. The van der Waals surface area contributed by atoms with Crippen molar-refractivity contribution >= 4 is 19.8 Å². The van der Waals surface area contributed by atoms with Gasteiger partial charge in [0.25, 0.3) is 7.82 Å². The average molecular weight is 892 g/mol. The van der Waals surface area contributed by atoms with Crippen LogP contribution in [0.3, 0.4) is 0 Å². The van der Waals surface area contributed by atoms with Crippen LogP contribution in [-0.4, -0.2) is 70.0 Å². The van der Waals surface area contributed by atoms with E-state index in [0.29, 0.717) is 23.9 Å². The predicted octanol–water partition coefficient (Wildman–Crippen LogP) is 14.2. The number of esters is 2. The number of carbonyl (C=O) groups is 2. The highest BCUT2D eigenvalue weighted by Crippen LogP contribution is 2.38. The number of phosphoric acid groups is 1. The van der Waals surface area contributed by atoms with E-state index < -0.39 is 32.5 Å². The number of phosphoric ester groups is 1. The molecule has 62 heavy (non-hydrogen) atoms. The second kappa shape index (κ2) is 43.9. The van der Waals surface area contributed by atoms with Gasteiger partial charge in [-0.2, -0.15) is 0 Å². The van der Waals surface area contributed by atoms with E-state index in [1.807, 2.05) is 51.5 Å². The summed E-state index contributed by atoms with van der Waals surface area (Å²) in [5.74, 6) is -0.898. The molecule has 0 aliphatic carbocycles. The van der Waals surface area contributed by atoms with Crippen molar-refractivity contribution in [3.63, 3.8) is 0 Å². The average Bonchev–Trinajstić information content (AvgIpc) is 3.23. The van der Waals surface area contributed by atoms with Gasteiger partial charge in [-0.05, 0) is 51.4 Å². The van der Waals surface area contributed by atoms with E-state index in [9.17, 15) is 19.0 Å². The van der Waals surface area contributed by atoms with Crippen LogP contribution in [-0.2, 0) is 32.7 Å². The van der Waals surface area contributed by atoms with Crippen molar-refractivity contribution < 1.29 is 42.1 Å². The van der Waals surface area contributed by atoms with E-state index in [2.05, 4.69) is 44.2 Å². The molecule has 0 fully saturated rings. The monoisotopic (exact) mass is 892 g/mol. The minimum absolute atomic E-state index is 0.0416. The summed E-state index contributed by atoms with van der Waals surface area (Å²) in [6.45, 7) is 4.05.